The van der Waals surface area contributed by atoms with Gasteiger partial charge in [-0.05, 0) is 37.5 Å². The van der Waals surface area contributed by atoms with E-state index < -0.39 is 0 Å². The lowest BCUT2D eigenvalue weighted by Gasteiger charge is -2.17. The molecule has 0 saturated heterocycles. The van der Waals surface area contributed by atoms with Crippen LogP contribution < -0.4 is 10.5 Å². The molecule has 0 radical (unpaired) electrons. The number of ether oxygens (including phenoxy) is 1. The van der Waals surface area contributed by atoms with E-state index >= 15 is 0 Å². The van der Waals surface area contributed by atoms with Crippen molar-refractivity contribution in [1.29, 1.82) is 0 Å². The Morgan fingerprint density at radius 1 is 1.24 bits per heavy atom. The molecular formula is C16H21N3O2. The molecule has 1 fully saturated rings. The molecule has 0 bridgehead atoms. The highest BCUT2D eigenvalue weighted by Gasteiger charge is 2.35. The van der Waals surface area contributed by atoms with Crippen LogP contribution in [-0.2, 0) is 12.0 Å². The Morgan fingerprint density at radius 3 is 2.62 bits per heavy atom. The van der Waals surface area contributed by atoms with Crippen LogP contribution in [-0.4, -0.2) is 16.7 Å². The largest absolute Gasteiger partial charge is 0.494 e. The summed E-state index contributed by atoms with van der Waals surface area (Å²) in [6, 6.07) is 7.94. The maximum Gasteiger partial charge on any atom is 0.231 e. The van der Waals surface area contributed by atoms with Gasteiger partial charge in [0, 0.05) is 0 Å². The van der Waals surface area contributed by atoms with Gasteiger partial charge < -0.3 is 15.0 Å². The van der Waals surface area contributed by atoms with Gasteiger partial charge in [-0.15, -0.1) is 0 Å². The zero-order valence-electron chi connectivity index (χ0n) is 12.3. The van der Waals surface area contributed by atoms with Crippen molar-refractivity contribution in [3.05, 3.63) is 41.5 Å². The molecular weight excluding hydrogens is 266 g/mol. The van der Waals surface area contributed by atoms with E-state index in [1.54, 1.807) is 0 Å². The van der Waals surface area contributed by atoms with E-state index in [4.69, 9.17) is 15.0 Å². The van der Waals surface area contributed by atoms with E-state index in [1.165, 1.54) is 0 Å². The zero-order valence-corrected chi connectivity index (χ0v) is 12.3. The van der Waals surface area contributed by atoms with Crippen molar-refractivity contribution in [2.75, 3.05) is 6.61 Å². The summed E-state index contributed by atoms with van der Waals surface area (Å²) in [5.74, 6) is 2.14. The number of rotatable bonds is 5. The zero-order chi connectivity index (χ0) is 14.7. The molecule has 2 N–H and O–H groups in total. The van der Waals surface area contributed by atoms with Crippen LogP contribution in [0.25, 0.3) is 0 Å². The maximum absolute atomic E-state index is 6.34. The molecule has 1 aromatic heterocycles. The van der Waals surface area contributed by atoms with Gasteiger partial charge in [-0.25, -0.2) is 0 Å². The van der Waals surface area contributed by atoms with E-state index in [2.05, 4.69) is 10.1 Å². The summed E-state index contributed by atoms with van der Waals surface area (Å²) in [4.78, 5) is 4.48. The third-order valence-corrected chi connectivity index (χ3v) is 4.00. The van der Waals surface area contributed by atoms with Crippen molar-refractivity contribution < 1.29 is 9.26 Å². The maximum atomic E-state index is 6.34. The molecule has 1 aliphatic rings. The Morgan fingerprint density at radius 2 is 1.95 bits per heavy atom. The van der Waals surface area contributed by atoms with Crippen molar-refractivity contribution in [2.45, 2.75) is 44.6 Å². The summed E-state index contributed by atoms with van der Waals surface area (Å²) >= 11 is 0. The Bertz CT molecular complexity index is 586. The average Bonchev–Trinajstić information content (AvgIpc) is 3.12. The second-order valence-corrected chi connectivity index (χ2v) is 5.63. The highest BCUT2D eigenvalue weighted by atomic mass is 16.5. The van der Waals surface area contributed by atoms with Crippen molar-refractivity contribution in [3.8, 4) is 5.75 Å². The first-order chi connectivity index (χ1) is 10.2. The number of nitrogens with two attached hydrogens (primary N) is 1. The predicted octanol–water partition coefficient (Wildman–Crippen LogP) is 2.79. The predicted molar refractivity (Wildman–Crippen MR) is 79.0 cm³/mol. The molecule has 5 heteroatoms. The fraction of sp³-hybridized carbons (Fsp3) is 0.500. The highest BCUT2D eigenvalue weighted by Crippen LogP contribution is 2.34. The topological polar surface area (TPSA) is 74.2 Å². The molecule has 112 valence electrons. The second kappa shape index (κ2) is 5.85. The molecule has 1 heterocycles. The summed E-state index contributed by atoms with van der Waals surface area (Å²) in [7, 11) is 0. The summed E-state index contributed by atoms with van der Waals surface area (Å²) in [5, 5.41) is 4.08. The van der Waals surface area contributed by atoms with E-state index in [-0.39, 0.29) is 5.54 Å². The Labute approximate surface area is 124 Å². The molecule has 21 heavy (non-hydrogen) atoms. The molecule has 0 atom stereocenters. The fourth-order valence-corrected chi connectivity index (χ4v) is 2.80. The molecule has 5 nitrogen and oxygen atoms in total. The quantitative estimate of drug-likeness (QED) is 0.915. The lowest BCUT2D eigenvalue weighted by atomic mass is 9.99. The third kappa shape index (κ3) is 3.08. The lowest BCUT2D eigenvalue weighted by molar-refractivity contribution is 0.340. The van der Waals surface area contributed by atoms with Crippen LogP contribution >= 0.6 is 0 Å². The minimum Gasteiger partial charge on any atom is -0.494 e. The lowest BCUT2D eigenvalue weighted by Crippen LogP contribution is -2.34. The van der Waals surface area contributed by atoms with E-state index in [1.807, 2.05) is 31.2 Å². The minimum absolute atomic E-state index is 0.388. The first-order valence-electron chi connectivity index (χ1n) is 7.53. The molecule has 1 aliphatic carbocycles. The highest BCUT2D eigenvalue weighted by molar-refractivity contribution is 5.28. The number of hydrogen-bond donors (Lipinski definition) is 1. The molecule has 0 amide bonds. The van der Waals surface area contributed by atoms with Crippen LogP contribution in [0.2, 0.25) is 0 Å². The fourth-order valence-electron chi connectivity index (χ4n) is 2.80. The average molecular weight is 287 g/mol. The van der Waals surface area contributed by atoms with Gasteiger partial charge in [0.15, 0.2) is 5.82 Å². The smallest absolute Gasteiger partial charge is 0.231 e. The SMILES string of the molecule is CCOc1ccc(Cc2nc(C3(N)CCCC3)no2)cc1. The summed E-state index contributed by atoms with van der Waals surface area (Å²) in [6.07, 6.45) is 4.78. The number of nitrogens with zero attached hydrogens (tertiary/aromatic N) is 2. The number of benzene rings is 1. The molecule has 1 saturated carbocycles. The Kier molecular flexibility index (Phi) is 3.92. The van der Waals surface area contributed by atoms with Crippen LogP contribution in [0.3, 0.4) is 0 Å². The van der Waals surface area contributed by atoms with Crippen molar-refractivity contribution >= 4 is 0 Å². The van der Waals surface area contributed by atoms with Crippen LogP contribution in [0.5, 0.6) is 5.75 Å². The molecule has 0 spiro atoms. The monoisotopic (exact) mass is 287 g/mol. The second-order valence-electron chi connectivity index (χ2n) is 5.63. The normalized spacial score (nSPS) is 17.0. The van der Waals surface area contributed by atoms with Gasteiger partial charge in [-0.2, -0.15) is 4.98 Å². The molecule has 0 aliphatic heterocycles. The molecule has 3 rings (SSSR count). The van der Waals surface area contributed by atoms with Crippen molar-refractivity contribution in [3.63, 3.8) is 0 Å². The van der Waals surface area contributed by atoms with Gasteiger partial charge in [0.05, 0.1) is 18.6 Å². The van der Waals surface area contributed by atoms with Crippen molar-refractivity contribution in [1.82, 2.24) is 10.1 Å². The first-order valence-corrected chi connectivity index (χ1v) is 7.53. The van der Waals surface area contributed by atoms with Gasteiger partial charge in [0.25, 0.3) is 0 Å². The van der Waals surface area contributed by atoms with Crippen LogP contribution in [0, 0.1) is 0 Å². The van der Waals surface area contributed by atoms with Gasteiger partial charge in [-0.1, -0.05) is 30.1 Å². The van der Waals surface area contributed by atoms with E-state index in [0.717, 1.165) is 37.0 Å². The van der Waals surface area contributed by atoms with Gasteiger partial charge >= 0.3 is 0 Å². The third-order valence-electron chi connectivity index (χ3n) is 4.00. The standard InChI is InChI=1S/C16H21N3O2/c1-2-20-13-7-5-12(6-8-13)11-14-18-15(19-21-14)16(17)9-3-4-10-16/h5-8H,2-4,9-11,17H2,1H3. The minimum atomic E-state index is -0.388. The Hall–Kier alpha value is -1.88. The van der Waals surface area contributed by atoms with Crippen LogP contribution in [0.15, 0.2) is 28.8 Å². The molecule has 1 aromatic carbocycles. The number of aromatic nitrogens is 2. The van der Waals surface area contributed by atoms with Gasteiger partial charge in [0.1, 0.15) is 5.75 Å². The summed E-state index contributed by atoms with van der Waals surface area (Å²) in [6.45, 7) is 2.64. The van der Waals surface area contributed by atoms with Crippen LogP contribution in [0.1, 0.15) is 49.9 Å². The van der Waals surface area contributed by atoms with Gasteiger partial charge in [0.2, 0.25) is 5.89 Å². The first kappa shape index (κ1) is 14.1. The van der Waals surface area contributed by atoms with Gasteiger partial charge in [-0.3, -0.25) is 0 Å². The number of hydrogen-bond acceptors (Lipinski definition) is 5. The summed E-state index contributed by atoms with van der Waals surface area (Å²) < 4.78 is 10.8. The summed E-state index contributed by atoms with van der Waals surface area (Å²) in [5.41, 5.74) is 7.07. The van der Waals surface area contributed by atoms with E-state index in [9.17, 15) is 0 Å². The van der Waals surface area contributed by atoms with Crippen LogP contribution in [0.4, 0.5) is 0 Å². The van der Waals surface area contributed by atoms with E-state index in [0.29, 0.717) is 24.7 Å². The molecule has 2 aromatic rings. The Balaban J connectivity index is 1.69. The molecule has 0 unspecified atom stereocenters. The van der Waals surface area contributed by atoms with Crippen molar-refractivity contribution in [2.24, 2.45) is 5.73 Å².